The van der Waals surface area contributed by atoms with Crippen molar-refractivity contribution in [3.63, 3.8) is 0 Å². The molecule has 6 heteroatoms. The van der Waals surface area contributed by atoms with Crippen LogP contribution in [0.1, 0.15) is 53.8 Å². The standard InChI is InChI=1S/C10H23O4P.Na.H/c1-3-5-7-9-13-15(11,12)14-10-8-6-4-2;;/h3-10H2,1-2H3,(H,11,12);;/q;+1;-1. The molecule has 0 bridgehead atoms. The maximum atomic E-state index is 11.3. The van der Waals surface area contributed by atoms with E-state index in [-0.39, 0.29) is 31.0 Å². The fraction of sp³-hybridized carbons (Fsp3) is 1.00. The van der Waals surface area contributed by atoms with E-state index in [1.54, 1.807) is 0 Å². The first-order chi connectivity index (χ1) is 7.12. The molecule has 4 nitrogen and oxygen atoms in total. The maximum Gasteiger partial charge on any atom is 1.00 e. The summed E-state index contributed by atoms with van der Waals surface area (Å²) in [6.07, 6.45) is 5.76. The summed E-state index contributed by atoms with van der Waals surface area (Å²) in [5.74, 6) is 0. The van der Waals surface area contributed by atoms with Gasteiger partial charge in [0.1, 0.15) is 0 Å². The van der Waals surface area contributed by atoms with Crippen LogP contribution in [0.25, 0.3) is 0 Å². The van der Waals surface area contributed by atoms with Gasteiger partial charge in [0.05, 0.1) is 13.2 Å². The van der Waals surface area contributed by atoms with Gasteiger partial charge in [-0.2, -0.15) is 0 Å². The summed E-state index contributed by atoms with van der Waals surface area (Å²) < 4.78 is 20.9. The Morgan fingerprint density at radius 2 is 1.38 bits per heavy atom. The van der Waals surface area contributed by atoms with Gasteiger partial charge >= 0.3 is 37.4 Å². The van der Waals surface area contributed by atoms with Crippen LogP contribution in [0.3, 0.4) is 0 Å². The van der Waals surface area contributed by atoms with Crippen LogP contribution in [0.2, 0.25) is 0 Å². The zero-order chi connectivity index (χ0) is 11.6. The molecule has 0 aromatic carbocycles. The summed E-state index contributed by atoms with van der Waals surface area (Å²) >= 11 is 0. The van der Waals surface area contributed by atoms with Crippen LogP contribution < -0.4 is 29.6 Å². The van der Waals surface area contributed by atoms with Gasteiger partial charge in [0, 0.05) is 0 Å². The van der Waals surface area contributed by atoms with E-state index in [2.05, 4.69) is 13.8 Å². The van der Waals surface area contributed by atoms with Crippen LogP contribution >= 0.6 is 7.82 Å². The molecule has 0 rings (SSSR count). The summed E-state index contributed by atoms with van der Waals surface area (Å²) in [4.78, 5) is 9.22. The van der Waals surface area contributed by atoms with Crippen LogP contribution in [-0.4, -0.2) is 18.1 Å². The Hall–Kier alpha value is 1.11. The number of phosphoric acid groups is 1. The molecule has 0 saturated heterocycles. The van der Waals surface area contributed by atoms with Crippen molar-refractivity contribution in [2.45, 2.75) is 52.4 Å². The number of hydrogen-bond acceptors (Lipinski definition) is 3. The van der Waals surface area contributed by atoms with Crippen LogP contribution in [0.4, 0.5) is 0 Å². The van der Waals surface area contributed by atoms with Crippen LogP contribution in [0, 0.1) is 0 Å². The Labute approximate surface area is 122 Å². The van der Waals surface area contributed by atoms with Gasteiger partial charge in [-0.05, 0) is 12.8 Å². The molecule has 0 aliphatic rings. The average molecular weight is 262 g/mol. The quantitative estimate of drug-likeness (QED) is 0.356. The maximum absolute atomic E-state index is 11.3. The predicted octanol–water partition coefficient (Wildman–Crippen LogP) is 0.617. The molecule has 0 amide bonds. The van der Waals surface area contributed by atoms with Crippen molar-refractivity contribution in [1.82, 2.24) is 0 Å². The van der Waals surface area contributed by atoms with E-state index in [0.717, 1.165) is 38.5 Å². The van der Waals surface area contributed by atoms with Gasteiger partial charge in [-0.25, -0.2) is 4.57 Å². The molecule has 0 aliphatic carbocycles. The van der Waals surface area contributed by atoms with Crippen molar-refractivity contribution in [1.29, 1.82) is 0 Å². The number of unbranched alkanes of at least 4 members (excludes halogenated alkanes) is 4. The minimum atomic E-state index is -3.77. The number of rotatable bonds is 10. The van der Waals surface area contributed by atoms with Crippen LogP contribution in [0.5, 0.6) is 0 Å². The monoisotopic (exact) mass is 262 g/mol. The van der Waals surface area contributed by atoms with Crippen LogP contribution in [-0.2, 0) is 13.6 Å². The molecule has 0 aliphatic heterocycles. The third-order valence-corrected chi connectivity index (χ3v) is 3.02. The van der Waals surface area contributed by atoms with Crippen molar-refractivity contribution in [3.05, 3.63) is 0 Å². The molecular weight excluding hydrogens is 238 g/mol. The molecule has 0 aromatic rings. The van der Waals surface area contributed by atoms with Gasteiger partial charge in [-0.3, -0.25) is 9.05 Å². The Balaban J connectivity index is -0.000000980. The minimum absolute atomic E-state index is 0. The van der Waals surface area contributed by atoms with Crippen molar-refractivity contribution in [2.24, 2.45) is 0 Å². The smallest absolute Gasteiger partial charge is 1.00 e. The van der Waals surface area contributed by atoms with Crippen molar-refractivity contribution < 1.29 is 49.5 Å². The van der Waals surface area contributed by atoms with E-state index < -0.39 is 7.82 Å². The molecule has 0 saturated carbocycles. The molecule has 1 N–H and O–H groups in total. The molecule has 94 valence electrons. The van der Waals surface area contributed by atoms with E-state index >= 15 is 0 Å². The Bertz CT molecular complexity index is 179. The van der Waals surface area contributed by atoms with E-state index in [9.17, 15) is 9.46 Å². The Morgan fingerprint density at radius 1 is 1.00 bits per heavy atom. The summed E-state index contributed by atoms with van der Waals surface area (Å²) in [7, 11) is -3.77. The molecule has 0 unspecified atom stereocenters. The fourth-order valence-corrected chi connectivity index (χ4v) is 1.90. The third kappa shape index (κ3) is 13.2. The summed E-state index contributed by atoms with van der Waals surface area (Å²) in [6, 6.07) is 0. The fourth-order valence-electron chi connectivity index (χ4n) is 1.10. The zero-order valence-electron chi connectivity index (χ0n) is 11.8. The third-order valence-electron chi connectivity index (χ3n) is 2.00. The van der Waals surface area contributed by atoms with Crippen molar-refractivity contribution in [3.8, 4) is 0 Å². The second-order valence-corrected chi connectivity index (χ2v) is 5.00. The van der Waals surface area contributed by atoms with E-state index in [4.69, 9.17) is 9.05 Å². The molecule has 0 aromatic heterocycles. The molecule has 0 fully saturated rings. The molecule has 0 spiro atoms. The van der Waals surface area contributed by atoms with Gasteiger partial charge in [-0.15, -0.1) is 0 Å². The average Bonchev–Trinajstić information content (AvgIpc) is 2.20. The molecular formula is C10H24NaO4P. The predicted molar refractivity (Wildman–Crippen MR) is 61.9 cm³/mol. The van der Waals surface area contributed by atoms with Gasteiger partial charge in [-0.1, -0.05) is 39.5 Å². The molecule has 0 heterocycles. The first-order valence-electron chi connectivity index (χ1n) is 5.74. The van der Waals surface area contributed by atoms with E-state index in [0.29, 0.717) is 13.2 Å². The van der Waals surface area contributed by atoms with Crippen LogP contribution in [0.15, 0.2) is 0 Å². The zero-order valence-corrected chi connectivity index (χ0v) is 13.7. The molecule has 16 heavy (non-hydrogen) atoms. The number of phosphoric ester groups is 1. The molecule has 0 atom stereocenters. The molecule has 0 radical (unpaired) electrons. The second kappa shape index (κ2) is 12.6. The summed E-state index contributed by atoms with van der Waals surface area (Å²) in [5, 5.41) is 0. The van der Waals surface area contributed by atoms with Crippen molar-refractivity contribution >= 4 is 7.82 Å². The van der Waals surface area contributed by atoms with Gasteiger partial charge < -0.3 is 6.32 Å². The van der Waals surface area contributed by atoms with Gasteiger partial charge in [0.2, 0.25) is 0 Å². The first-order valence-corrected chi connectivity index (χ1v) is 7.23. The second-order valence-electron chi connectivity index (χ2n) is 3.55. The normalized spacial score (nSPS) is 11.2. The number of hydrogen-bond donors (Lipinski definition) is 1. The first kappa shape index (κ1) is 19.4. The largest absolute Gasteiger partial charge is 1.00 e. The van der Waals surface area contributed by atoms with E-state index in [1.165, 1.54) is 0 Å². The Kier molecular flexibility index (Phi) is 15.3. The summed E-state index contributed by atoms with van der Waals surface area (Å²) in [6.45, 7) is 4.74. The Morgan fingerprint density at radius 3 is 1.69 bits per heavy atom. The van der Waals surface area contributed by atoms with Crippen molar-refractivity contribution in [2.75, 3.05) is 13.2 Å². The van der Waals surface area contributed by atoms with Gasteiger partial charge in [0.15, 0.2) is 0 Å². The summed E-state index contributed by atoms with van der Waals surface area (Å²) in [5.41, 5.74) is 0. The minimum Gasteiger partial charge on any atom is -1.00 e. The van der Waals surface area contributed by atoms with Gasteiger partial charge in [0.25, 0.3) is 0 Å². The topological polar surface area (TPSA) is 55.8 Å². The van der Waals surface area contributed by atoms with E-state index in [1.807, 2.05) is 0 Å². The SMILES string of the molecule is CCCCCOP(=O)(O)OCCCCC.[H-].[Na+].